The molecule has 0 spiro atoms. The Balaban J connectivity index is 2.61. The Bertz CT molecular complexity index is 423. The molecule has 0 bridgehead atoms. The number of benzene rings is 1. The van der Waals surface area contributed by atoms with Crippen LogP contribution in [-0.4, -0.2) is 46.5 Å². The average Bonchev–Trinajstić information content (AvgIpc) is 2.59. The maximum Gasteiger partial charge on any atom is 0.0639 e. The maximum absolute atomic E-state index is 9.92. The molecule has 0 radical (unpaired) electrons. The van der Waals surface area contributed by atoms with Gasteiger partial charge in [0.1, 0.15) is 0 Å². The first-order valence-corrected chi connectivity index (χ1v) is 10.7. The zero-order valence-electron chi connectivity index (χ0n) is 17.2. The van der Waals surface area contributed by atoms with E-state index < -0.39 is 0 Å². The summed E-state index contributed by atoms with van der Waals surface area (Å²) in [4.78, 5) is 2.29. The van der Waals surface area contributed by atoms with E-state index in [-0.39, 0.29) is 12.2 Å². The highest BCUT2D eigenvalue weighted by Gasteiger charge is 2.21. The van der Waals surface area contributed by atoms with E-state index in [0.717, 1.165) is 12.8 Å². The summed E-state index contributed by atoms with van der Waals surface area (Å²) >= 11 is 0. The van der Waals surface area contributed by atoms with Gasteiger partial charge in [-0.3, -0.25) is 4.90 Å². The third-order valence-electron chi connectivity index (χ3n) is 4.97. The molecule has 2 N–H and O–H groups in total. The molecule has 0 heterocycles. The van der Waals surface area contributed by atoms with Crippen LogP contribution in [0.3, 0.4) is 0 Å². The van der Waals surface area contributed by atoms with Gasteiger partial charge in [-0.05, 0) is 32.3 Å². The van der Waals surface area contributed by atoms with Gasteiger partial charge in [-0.25, -0.2) is 0 Å². The molecule has 0 aliphatic carbocycles. The van der Waals surface area contributed by atoms with Crippen LogP contribution in [0.1, 0.15) is 77.7 Å². The van der Waals surface area contributed by atoms with Crippen molar-refractivity contribution >= 4 is 0 Å². The molecule has 0 aromatic heterocycles. The second-order valence-electron chi connectivity index (χ2n) is 7.91. The molecule has 26 heavy (non-hydrogen) atoms. The summed E-state index contributed by atoms with van der Waals surface area (Å²) in [5.41, 5.74) is 1.33. The fourth-order valence-corrected chi connectivity index (χ4v) is 3.69. The number of nitrogens with zero attached hydrogens (tertiary/aromatic N) is 1. The van der Waals surface area contributed by atoms with Crippen molar-refractivity contribution in [3.63, 3.8) is 0 Å². The van der Waals surface area contributed by atoms with Gasteiger partial charge in [-0.15, -0.1) is 0 Å². The number of hydrogen-bond acceptors (Lipinski definition) is 3. The Morgan fingerprint density at radius 1 is 0.808 bits per heavy atom. The van der Waals surface area contributed by atoms with E-state index in [4.69, 9.17) is 0 Å². The summed E-state index contributed by atoms with van der Waals surface area (Å²) in [6.07, 6.45) is 10.6. The topological polar surface area (TPSA) is 43.7 Å². The lowest BCUT2D eigenvalue weighted by Gasteiger charge is -2.34. The van der Waals surface area contributed by atoms with E-state index in [1.807, 2.05) is 13.8 Å². The molecule has 0 aliphatic heterocycles. The second-order valence-corrected chi connectivity index (χ2v) is 7.91. The summed E-state index contributed by atoms with van der Waals surface area (Å²) in [6.45, 7) is 7.18. The van der Waals surface area contributed by atoms with Crippen LogP contribution in [0.2, 0.25) is 0 Å². The Morgan fingerprint density at radius 3 is 1.88 bits per heavy atom. The van der Waals surface area contributed by atoms with Crippen molar-refractivity contribution in [2.45, 2.75) is 96.8 Å². The van der Waals surface area contributed by atoms with Gasteiger partial charge in [-0.2, -0.15) is 0 Å². The lowest BCUT2D eigenvalue weighted by Crippen LogP contribution is -2.44. The Morgan fingerprint density at radius 2 is 1.35 bits per heavy atom. The molecule has 3 atom stereocenters. The predicted octanol–water partition coefficient (Wildman–Crippen LogP) is 4.80. The number of unbranched alkanes of at least 4 members (excludes halogenated alkanes) is 6. The van der Waals surface area contributed by atoms with E-state index in [1.165, 1.54) is 50.5 Å². The molecule has 3 nitrogen and oxygen atoms in total. The molecule has 0 fully saturated rings. The summed E-state index contributed by atoms with van der Waals surface area (Å²) in [5.74, 6) is 0. The first kappa shape index (κ1) is 23.1. The average molecular weight is 364 g/mol. The van der Waals surface area contributed by atoms with Gasteiger partial charge in [0.25, 0.3) is 0 Å². The third-order valence-corrected chi connectivity index (χ3v) is 4.97. The van der Waals surface area contributed by atoms with E-state index >= 15 is 0 Å². The predicted molar refractivity (Wildman–Crippen MR) is 111 cm³/mol. The van der Waals surface area contributed by atoms with Gasteiger partial charge in [0.15, 0.2) is 0 Å². The molecular formula is C23H41NO2. The van der Waals surface area contributed by atoms with Crippen molar-refractivity contribution in [2.75, 3.05) is 13.1 Å². The van der Waals surface area contributed by atoms with Crippen molar-refractivity contribution < 1.29 is 10.2 Å². The second kappa shape index (κ2) is 14.2. The maximum atomic E-state index is 9.92. The number of hydrogen-bond donors (Lipinski definition) is 2. The van der Waals surface area contributed by atoms with Crippen molar-refractivity contribution in [2.24, 2.45) is 0 Å². The zero-order chi connectivity index (χ0) is 19.2. The van der Waals surface area contributed by atoms with Crippen LogP contribution < -0.4 is 0 Å². The van der Waals surface area contributed by atoms with Crippen LogP contribution in [0.15, 0.2) is 30.3 Å². The van der Waals surface area contributed by atoms with Gasteiger partial charge in [-0.1, -0.05) is 82.2 Å². The minimum atomic E-state index is -0.374. The highest BCUT2D eigenvalue weighted by atomic mass is 16.3. The van der Waals surface area contributed by atoms with Crippen LogP contribution >= 0.6 is 0 Å². The molecule has 1 aromatic carbocycles. The highest BCUT2D eigenvalue weighted by molar-refractivity contribution is 5.16. The summed E-state index contributed by atoms with van der Waals surface area (Å²) in [5, 5.41) is 19.8. The smallest absolute Gasteiger partial charge is 0.0639 e. The van der Waals surface area contributed by atoms with Crippen LogP contribution in [0.5, 0.6) is 0 Å². The van der Waals surface area contributed by atoms with Gasteiger partial charge in [0.05, 0.1) is 12.2 Å². The van der Waals surface area contributed by atoms with Crippen LogP contribution in [0.25, 0.3) is 0 Å². The molecule has 0 saturated carbocycles. The Labute approximate surface area is 161 Å². The lowest BCUT2D eigenvalue weighted by molar-refractivity contribution is 0.0534. The normalized spacial score (nSPS) is 15.2. The van der Waals surface area contributed by atoms with E-state index in [2.05, 4.69) is 42.2 Å². The fraction of sp³-hybridized carbons (Fsp3) is 0.739. The van der Waals surface area contributed by atoms with Crippen molar-refractivity contribution in [3.05, 3.63) is 35.9 Å². The quantitative estimate of drug-likeness (QED) is 0.440. The Hall–Kier alpha value is -0.900. The minimum absolute atomic E-state index is 0.372. The molecule has 1 aromatic rings. The van der Waals surface area contributed by atoms with Gasteiger partial charge < -0.3 is 10.2 Å². The highest BCUT2D eigenvalue weighted by Crippen LogP contribution is 2.18. The van der Waals surface area contributed by atoms with Crippen LogP contribution in [0, 0.1) is 0 Å². The SMILES string of the molecule is CCCCCCCCCC(Cc1ccccc1)N(CC(C)O)CC(C)O. The van der Waals surface area contributed by atoms with Crippen molar-refractivity contribution in [3.8, 4) is 0 Å². The molecular weight excluding hydrogens is 322 g/mol. The summed E-state index contributed by atoms with van der Waals surface area (Å²) in [7, 11) is 0. The monoisotopic (exact) mass is 363 g/mol. The number of aliphatic hydroxyl groups is 2. The fourth-order valence-electron chi connectivity index (χ4n) is 3.69. The van der Waals surface area contributed by atoms with E-state index in [1.54, 1.807) is 0 Å². The molecule has 3 heteroatoms. The molecule has 3 unspecified atom stereocenters. The molecule has 150 valence electrons. The van der Waals surface area contributed by atoms with E-state index in [0.29, 0.717) is 19.1 Å². The molecule has 0 amide bonds. The standard InChI is InChI=1S/C23H41NO2/c1-4-5-6-7-8-9-13-16-23(17-22-14-11-10-12-15-22)24(18-20(2)25)19-21(3)26/h10-12,14-15,20-21,23,25-26H,4-9,13,16-19H2,1-3H3. The Kier molecular flexibility index (Phi) is 12.6. The zero-order valence-corrected chi connectivity index (χ0v) is 17.2. The van der Waals surface area contributed by atoms with Crippen molar-refractivity contribution in [1.82, 2.24) is 4.90 Å². The van der Waals surface area contributed by atoms with Crippen LogP contribution in [0.4, 0.5) is 0 Å². The van der Waals surface area contributed by atoms with Gasteiger partial charge >= 0.3 is 0 Å². The van der Waals surface area contributed by atoms with Gasteiger partial charge in [0, 0.05) is 19.1 Å². The number of aliphatic hydroxyl groups excluding tert-OH is 2. The lowest BCUT2D eigenvalue weighted by atomic mass is 9.97. The summed E-state index contributed by atoms with van der Waals surface area (Å²) < 4.78 is 0. The largest absolute Gasteiger partial charge is 0.392 e. The minimum Gasteiger partial charge on any atom is -0.392 e. The molecule has 0 aliphatic rings. The first-order chi connectivity index (χ1) is 12.5. The van der Waals surface area contributed by atoms with Gasteiger partial charge in [0.2, 0.25) is 0 Å². The van der Waals surface area contributed by atoms with E-state index in [9.17, 15) is 10.2 Å². The first-order valence-electron chi connectivity index (χ1n) is 10.7. The molecule has 1 rings (SSSR count). The van der Waals surface area contributed by atoms with Crippen LogP contribution in [-0.2, 0) is 6.42 Å². The third kappa shape index (κ3) is 10.9. The number of rotatable bonds is 15. The summed E-state index contributed by atoms with van der Waals surface area (Å²) in [6, 6.07) is 11.0. The van der Waals surface area contributed by atoms with Crippen molar-refractivity contribution in [1.29, 1.82) is 0 Å². The molecule has 0 saturated heterocycles.